The Kier molecular flexibility index (Phi) is 7.74. The molecule has 1 aliphatic rings. The van der Waals surface area contributed by atoms with Gasteiger partial charge in [-0.05, 0) is 53.6 Å². The molecule has 2 aromatic carbocycles. The Labute approximate surface area is 201 Å². The van der Waals surface area contributed by atoms with Crippen molar-refractivity contribution in [1.82, 2.24) is 10.3 Å². The molecule has 0 fully saturated rings. The van der Waals surface area contributed by atoms with Crippen LogP contribution >= 0.6 is 0 Å². The van der Waals surface area contributed by atoms with Crippen molar-refractivity contribution in [2.75, 3.05) is 19.8 Å². The molecule has 2 heterocycles. The standard InChI is InChI=1S/C27H25F2N3O3/c28-20-9-7-17(8-10-20)18-12-25(31-14-18)26-22(5-3-6-23(26)29)27(35)32-24(19(15-33)16-34)13-21-4-1-2-11-30-21/h1-12,19,24,33-34H,13-16H2,(H,32,35)/t24-/m1/s1. The van der Waals surface area contributed by atoms with Crippen molar-refractivity contribution in [1.29, 1.82) is 0 Å². The number of aliphatic imine (C=N–C) groups is 1. The normalized spacial score (nSPS) is 14.0. The van der Waals surface area contributed by atoms with E-state index in [1.807, 2.05) is 6.07 Å². The van der Waals surface area contributed by atoms with Crippen LogP contribution < -0.4 is 5.32 Å². The number of halogens is 2. The molecular formula is C27H25F2N3O3. The molecule has 8 heteroatoms. The van der Waals surface area contributed by atoms with E-state index in [9.17, 15) is 23.8 Å². The van der Waals surface area contributed by atoms with Crippen molar-refractivity contribution in [2.24, 2.45) is 10.9 Å². The van der Waals surface area contributed by atoms with Gasteiger partial charge in [0.2, 0.25) is 0 Å². The van der Waals surface area contributed by atoms with Crippen molar-refractivity contribution in [3.05, 3.63) is 107 Å². The summed E-state index contributed by atoms with van der Waals surface area (Å²) in [5.74, 6) is -2.15. The van der Waals surface area contributed by atoms with Crippen LogP contribution in [-0.4, -0.2) is 52.6 Å². The van der Waals surface area contributed by atoms with E-state index in [4.69, 9.17) is 0 Å². The Morgan fingerprint density at radius 3 is 2.46 bits per heavy atom. The maximum atomic E-state index is 15.0. The van der Waals surface area contributed by atoms with E-state index in [1.165, 1.54) is 30.3 Å². The molecule has 1 aromatic heterocycles. The average Bonchev–Trinajstić information content (AvgIpc) is 3.35. The summed E-state index contributed by atoms with van der Waals surface area (Å²) < 4.78 is 28.3. The zero-order valence-corrected chi connectivity index (χ0v) is 18.9. The molecule has 3 N–H and O–H groups in total. The third-order valence-electron chi connectivity index (χ3n) is 5.97. The molecular weight excluding hydrogens is 452 g/mol. The predicted octanol–water partition coefficient (Wildman–Crippen LogP) is 3.19. The molecule has 3 aromatic rings. The van der Waals surface area contributed by atoms with Crippen LogP contribution in [0.25, 0.3) is 5.57 Å². The van der Waals surface area contributed by atoms with Gasteiger partial charge < -0.3 is 15.5 Å². The molecule has 6 nitrogen and oxygen atoms in total. The Balaban J connectivity index is 1.62. The van der Waals surface area contributed by atoms with Gasteiger partial charge in [-0.3, -0.25) is 14.8 Å². The Bertz CT molecular complexity index is 1240. The van der Waals surface area contributed by atoms with Crippen LogP contribution in [0, 0.1) is 17.6 Å². The second-order valence-electron chi connectivity index (χ2n) is 8.27. The molecule has 35 heavy (non-hydrogen) atoms. The first-order valence-corrected chi connectivity index (χ1v) is 11.2. The highest BCUT2D eigenvalue weighted by molar-refractivity contribution is 6.19. The van der Waals surface area contributed by atoms with Gasteiger partial charge in [0.1, 0.15) is 11.6 Å². The molecule has 0 saturated heterocycles. The van der Waals surface area contributed by atoms with Gasteiger partial charge in [-0.15, -0.1) is 0 Å². The van der Waals surface area contributed by atoms with Gasteiger partial charge >= 0.3 is 0 Å². The van der Waals surface area contributed by atoms with Crippen LogP contribution in [0.5, 0.6) is 0 Å². The lowest BCUT2D eigenvalue weighted by Gasteiger charge is -2.25. The fourth-order valence-electron chi connectivity index (χ4n) is 4.03. The maximum Gasteiger partial charge on any atom is 0.252 e. The molecule has 0 radical (unpaired) electrons. The molecule has 1 amide bonds. The lowest BCUT2D eigenvalue weighted by molar-refractivity contribution is 0.0847. The second kappa shape index (κ2) is 11.1. The molecule has 1 atom stereocenters. The lowest BCUT2D eigenvalue weighted by Crippen LogP contribution is -2.45. The van der Waals surface area contributed by atoms with E-state index in [0.29, 0.717) is 11.4 Å². The third-order valence-corrected chi connectivity index (χ3v) is 5.97. The van der Waals surface area contributed by atoms with E-state index < -0.39 is 23.7 Å². The minimum atomic E-state index is -0.639. The van der Waals surface area contributed by atoms with E-state index in [-0.39, 0.29) is 43.1 Å². The summed E-state index contributed by atoms with van der Waals surface area (Å²) in [6.07, 6.45) is 3.59. The number of nitrogens with one attached hydrogen (secondary N) is 1. The van der Waals surface area contributed by atoms with Crippen molar-refractivity contribution in [3.8, 4) is 0 Å². The number of aromatic nitrogens is 1. The van der Waals surface area contributed by atoms with Crippen LogP contribution in [0.15, 0.2) is 77.9 Å². The molecule has 0 unspecified atom stereocenters. The number of aliphatic hydroxyl groups excluding tert-OH is 2. The number of rotatable bonds is 9. The number of aliphatic hydroxyl groups is 2. The molecule has 0 saturated carbocycles. The smallest absolute Gasteiger partial charge is 0.252 e. The minimum absolute atomic E-state index is 0.0586. The van der Waals surface area contributed by atoms with Gasteiger partial charge in [0.05, 0.1) is 31.0 Å². The molecule has 0 spiro atoms. The molecule has 180 valence electrons. The first-order chi connectivity index (χ1) is 17.0. The number of nitrogens with zero attached hydrogens (tertiary/aromatic N) is 2. The summed E-state index contributed by atoms with van der Waals surface area (Å²) in [6.45, 7) is -0.419. The Hall–Kier alpha value is -3.75. The number of carbonyl (C=O) groups is 1. The molecule has 0 bridgehead atoms. The van der Waals surface area contributed by atoms with Gasteiger partial charge in [0, 0.05) is 35.8 Å². The minimum Gasteiger partial charge on any atom is -0.396 e. The van der Waals surface area contributed by atoms with Crippen LogP contribution in [0.3, 0.4) is 0 Å². The monoisotopic (exact) mass is 477 g/mol. The fraction of sp³-hybridized carbons (Fsp3) is 0.222. The molecule has 4 rings (SSSR count). The van der Waals surface area contributed by atoms with E-state index >= 15 is 0 Å². The quantitative estimate of drug-likeness (QED) is 0.441. The molecule has 0 aliphatic carbocycles. The summed E-state index contributed by atoms with van der Waals surface area (Å²) in [7, 11) is 0. The van der Waals surface area contributed by atoms with E-state index in [2.05, 4.69) is 15.3 Å². The van der Waals surface area contributed by atoms with Crippen LogP contribution in [0.1, 0.15) is 27.2 Å². The second-order valence-corrected chi connectivity index (χ2v) is 8.27. The van der Waals surface area contributed by atoms with Crippen LogP contribution in [-0.2, 0) is 6.42 Å². The first-order valence-electron chi connectivity index (χ1n) is 11.2. The van der Waals surface area contributed by atoms with E-state index in [1.54, 1.807) is 36.5 Å². The fourth-order valence-corrected chi connectivity index (χ4v) is 4.03. The van der Waals surface area contributed by atoms with Crippen molar-refractivity contribution < 1.29 is 23.8 Å². The summed E-state index contributed by atoms with van der Waals surface area (Å²) in [6, 6.07) is 14.9. The van der Waals surface area contributed by atoms with Gasteiger partial charge in [-0.2, -0.15) is 0 Å². The highest BCUT2D eigenvalue weighted by Crippen LogP contribution is 2.25. The number of carbonyl (C=O) groups excluding carboxylic acids is 1. The summed E-state index contributed by atoms with van der Waals surface area (Å²) in [4.78, 5) is 22.0. The van der Waals surface area contributed by atoms with Crippen LogP contribution in [0.4, 0.5) is 8.78 Å². The predicted molar refractivity (Wildman–Crippen MR) is 129 cm³/mol. The number of amides is 1. The third kappa shape index (κ3) is 5.67. The maximum absolute atomic E-state index is 15.0. The zero-order valence-electron chi connectivity index (χ0n) is 18.9. The number of hydrogen-bond donors (Lipinski definition) is 3. The largest absolute Gasteiger partial charge is 0.396 e. The number of hydrogen-bond acceptors (Lipinski definition) is 5. The summed E-state index contributed by atoms with van der Waals surface area (Å²) >= 11 is 0. The Morgan fingerprint density at radius 1 is 1.00 bits per heavy atom. The van der Waals surface area contributed by atoms with Crippen LogP contribution in [0.2, 0.25) is 0 Å². The number of pyridine rings is 1. The van der Waals surface area contributed by atoms with Gasteiger partial charge in [0.25, 0.3) is 5.91 Å². The van der Waals surface area contributed by atoms with Crippen molar-refractivity contribution in [2.45, 2.75) is 12.5 Å². The molecule has 1 aliphatic heterocycles. The van der Waals surface area contributed by atoms with E-state index in [0.717, 1.165) is 11.1 Å². The lowest BCUT2D eigenvalue weighted by atomic mass is 9.95. The van der Waals surface area contributed by atoms with Gasteiger partial charge in [-0.25, -0.2) is 8.78 Å². The van der Waals surface area contributed by atoms with Crippen molar-refractivity contribution >= 4 is 17.2 Å². The van der Waals surface area contributed by atoms with Crippen molar-refractivity contribution in [3.63, 3.8) is 0 Å². The number of allylic oxidation sites excluding steroid dienone is 1. The van der Waals surface area contributed by atoms with Gasteiger partial charge in [0.15, 0.2) is 0 Å². The Morgan fingerprint density at radius 2 is 1.77 bits per heavy atom. The number of benzene rings is 2. The highest BCUT2D eigenvalue weighted by Gasteiger charge is 2.27. The average molecular weight is 478 g/mol. The SMILES string of the molecule is O=C(N[C@H](Cc1ccccn1)C(CO)CO)c1cccc(F)c1C1=NCC(c2ccc(F)cc2)=C1. The summed E-state index contributed by atoms with van der Waals surface area (Å²) in [5.41, 5.74) is 2.68. The summed E-state index contributed by atoms with van der Waals surface area (Å²) in [5, 5.41) is 22.3. The topological polar surface area (TPSA) is 94.8 Å². The highest BCUT2D eigenvalue weighted by atomic mass is 19.1. The first kappa shape index (κ1) is 24.4. The van der Waals surface area contributed by atoms with Gasteiger partial charge in [-0.1, -0.05) is 24.3 Å². The zero-order chi connectivity index (χ0) is 24.8.